The Balaban J connectivity index is 2.30. The first-order valence-corrected chi connectivity index (χ1v) is 8.39. The van der Waals surface area contributed by atoms with Gasteiger partial charge in [0.25, 0.3) is 5.91 Å². The Morgan fingerprint density at radius 1 is 1.33 bits per heavy atom. The highest BCUT2D eigenvalue weighted by atomic mass is 16.3. The van der Waals surface area contributed by atoms with Gasteiger partial charge in [-0.25, -0.2) is 5.01 Å². The molecule has 1 unspecified atom stereocenters. The fourth-order valence-electron chi connectivity index (χ4n) is 2.52. The van der Waals surface area contributed by atoms with Crippen LogP contribution >= 0.6 is 0 Å². The number of hydrazone groups is 1. The van der Waals surface area contributed by atoms with Crippen LogP contribution in [0.5, 0.6) is 5.75 Å². The highest BCUT2D eigenvalue weighted by Crippen LogP contribution is 2.35. The molecular formula is C18H26N4O2. The van der Waals surface area contributed by atoms with E-state index < -0.39 is 6.04 Å². The third kappa shape index (κ3) is 3.63. The van der Waals surface area contributed by atoms with Crippen molar-refractivity contribution in [3.05, 3.63) is 23.8 Å². The molecule has 1 amide bonds. The van der Waals surface area contributed by atoms with Gasteiger partial charge in [0.15, 0.2) is 6.04 Å². The molecule has 1 aromatic carbocycles. The summed E-state index contributed by atoms with van der Waals surface area (Å²) in [6.07, 6.45) is 2.56. The van der Waals surface area contributed by atoms with E-state index in [1.165, 1.54) is 5.01 Å². The summed E-state index contributed by atoms with van der Waals surface area (Å²) in [5.74, 6) is -0.131. The second-order valence-electron chi connectivity index (χ2n) is 6.76. The molecule has 1 N–H and O–H groups in total. The van der Waals surface area contributed by atoms with Crippen LogP contribution in [-0.4, -0.2) is 34.8 Å². The molecule has 6 nitrogen and oxygen atoms in total. The van der Waals surface area contributed by atoms with Crippen LogP contribution in [0.25, 0.3) is 0 Å². The number of hydrogen-bond donors (Lipinski definition) is 1. The van der Waals surface area contributed by atoms with Gasteiger partial charge in [-0.15, -0.1) is 0 Å². The number of azo groups is 1. The number of carbonyl (C=O) groups is 1. The minimum absolute atomic E-state index is 0.0177. The fourth-order valence-corrected chi connectivity index (χ4v) is 2.52. The van der Waals surface area contributed by atoms with E-state index in [-0.39, 0.29) is 17.1 Å². The van der Waals surface area contributed by atoms with Gasteiger partial charge in [0.1, 0.15) is 11.4 Å². The van der Waals surface area contributed by atoms with Crippen molar-refractivity contribution in [3.63, 3.8) is 0 Å². The highest BCUT2D eigenvalue weighted by molar-refractivity contribution is 6.11. The van der Waals surface area contributed by atoms with Gasteiger partial charge in [0.05, 0.1) is 5.71 Å². The van der Waals surface area contributed by atoms with E-state index in [0.717, 1.165) is 24.1 Å². The molecule has 0 aromatic heterocycles. The van der Waals surface area contributed by atoms with Gasteiger partial charge < -0.3 is 5.11 Å². The van der Waals surface area contributed by atoms with E-state index >= 15 is 0 Å². The lowest BCUT2D eigenvalue weighted by Crippen LogP contribution is -2.28. The van der Waals surface area contributed by atoms with Crippen molar-refractivity contribution in [3.8, 4) is 5.75 Å². The standard InChI is InChI=1S/C18H26N4O2/c1-6-8-13-16(17(24)22(5)21-13)20-19-14-11-12(9-10-15(14)23)18(3,4)7-2/h9-11,16,23H,6-8H2,1-5H3. The predicted octanol–water partition coefficient (Wildman–Crippen LogP) is 4.16. The summed E-state index contributed by atoms with van der Waals surface area (Å²) in [4.78, 5) is 12.2. The lowest BCUT2D eigenvalue weighted by Gasteiger charge is -2.23. The number of phenolic OH excluding ortho intramolecular Hbond substituents is 1. The zero-order valence-electron chi connectivity index (χ0n) is 15.1. The maximum Gasteiger partial charge on any atom is 0.275 e. The molecule has 0 saturated carbocycles. The molecule has 0 saturated heterocycles. The van der Waals surface area contributed by atoms with Crippen molar-refractivity contribution < 1.29 is 9.90 Å². The van der Waals surface area contributed by atoms with Crippen molar-refractivity contribution in [2.45, 2.75) is 58.4 Å². The fraction of sp³-hybridized carbons (Fsp3) is 0.556. The van der Waals surface area contributed by atoms with Gasteiger partial charge in [-0.05, 0) is 36.0 Å². The summed E-state index contributed by atoms with van der Waals surface area (Å²) >= 11 is 0. The Morgan fingerprint density at radius 3 is 2.67 bits per heavy atom. The summed E-state index contributed by atoms with van der Waals surface area (Å²) in [7, 11) is 1.62. The smallest absolute Gasteiger partial charge is 0.275 e. The van der Waals surface area contributed by atoms with E-state index in [9.17, 15) is 9.90 Å². The summed E-state index contributed by atoms with van der Waals surface area (Å²) in [6.45, 7) is 8.43. The lowest BCUT2D eigenvalue weighted by atomic mass is 9.82. The number of hydrogen-bond acceptors (Lipinski definition) is 5. The van der Waals surface area contributed by atoms with Crippen molar-refractivity contribution >= 4 is 17.3 Å². The van der Waals surface area contributed by atoms with Crippen molar-refractivity contribution in [2.24, 2.45) is 15.3 Å². The van der Waals surface area contributed by atoms with E-state index in [2.05, 4.69) is 36.1 Å². The molecule has 24 heavy (non-hydrogen) atoms. The summed E-state index contributed by atoms with van der Waals surface area (Å²) in [6, 6.07) is 4.68. The Kier molecular flexibility index (Phi) is 5.36. The third-order valence-corrected chi connectivity index (χ3v) is 4.57. The van der Waals surface area contributed by atoms with Crippen LogP contribution in [0, 0.1) is 0 Å². The molecule has 0 bridgehead atoms. The zero-order valence-corrected chi connectivity index (χ0v) is 15.1. The summed E-state index contributed by atoms with van der Waals surface area (Å²) in [5, 5.41) is 23.9. The molecule has 0 aliphatic carbocycles. The van der Waals surface area contributed by atoms with Crippen LogP contribution in [0.4, 0.5) is 5.69 Å². The Hall–Kier alpha value is -2.24. The van der Waals surface area contributed by atoms with Crippen LogP contribution in [0.2, 0.25) is 0 Å². The first kappa shape index (κ1) is 18.1. The van der Waals surface area contributed by atoms with Crippen molar-refractivity contribution in [1.29, 1.82) is 0 Å². The first-order chi connectivity index (χ1) is 11.3. The maximum atomic E-state index is 12.2. The van der Waals surface area contributed by atoms with Crippen LogP contribution in [0.1, 0.15) is 52.5 Å². The second kappa shape index (κ2) is 7.11. The van der Waals surface area contributed by atoms with E-state index in [4.69, 9.17) is 0 Å². The molecule has 1 aliphatic rings. The number of amides is 1. The van der Waals surface area contributed by atoms with E-state index in [1.807, 2.05) is 19.1 Å². The van der Waals surface area contributed by atoms with Gasteiger partial charge in [-0.2, -0.15) is 15.3 Å². The topological polar surface area (TPSA) is 77.6 Å². The van der Waals surface area contributed by atoms with Crippen molar-refractivity contribution in [1.82, 2.24) is 5.01 Å². The van der Waals surface area contributed by atoms with Crippen molar-refractivity contribution in [2.75, 3.05) is 7.05 Å². The van der Waals surface area contributed by atoms with E-state index in [0.29, 0.717) is 12.1 Å². The molecule has 0 fully saturated rings. The molecule has 2 rings (SSSR count). The molecule has 130 valence electrons. The molecule has 6 heteroatoms. The average molecular weight is 330 g/mol. The molecule has 0 spiro atoms. The van der Waals surface area contributed by atoms with E-state index in [1.54, 1.807) is 13.1 Å². The summed E-state index contributed by atoms with van der Waals surface area (Å²) < 4.78 is 0. The van der Waals surface area contributed by atoms with Crippen LogP contribution in [0.15, 0.2) is 33.5 Å². The number of rotatable bonds is 6. The van der Waals surface area contributed by atoms with Crippen LogP contribution < -0.4 is 0 Å². The third-order valence-electron chi connectivity index (χ3n) is 4.57. The number of aromatic hydroxyl groups is 1. The number of nitrogens with zero attached hydrogens (tertiary/aromatic N) is 4. The maximum absolute atomic E-state index is 12.2. The van der Waals surface area contributed by atoms with Gasteiger partial charge in [0.2, 0.25) is 0 Å². The minimum Gasteiger partial charge on any atom is -0.506 e. The number of benzene rings is 1. The molecule has 1 heterocycles. The monoisotopic (exact) mass is 330 g/mol. The van der Waals surface area contributed by atoms with Crippen LogP contribution in [-0.2, 0) is 10.2 Å². The number of likely N-dealkylation sites (N-methyl/N-ethyl adjacent to an activating group) is 1. The highest BCUT2D eigenvalue weighted by Gasteiger charge is 2.33. The molecule has 1 aromatic rings. The first-order valence-electron chi connectivity index (χ1n) is 8.39. The Morgan fingerprint density at radius 2 is 2.04 bits per heavy atom. The zero-order chi connectivity index (χ0) is 17.9. The Bertz CT molecular complexity index is 680. The second-order valence-corrected chi connectivity index (χ2v) is 6.76. The van der Waals surface area contributed by atoms with Gasteiger partial charge in [0, 0.05) is 7.05 Å². The molecule has 0 radical (unpaired) electrons. The quantitative estimate of drug-likeness (QED) is 0.795. The Labute approximate surface area is 143 Å². The SMILES string of the molecule is CCCC1=NN(C)C(=O)C1N=Nc1cc(C(C)(C)CC)ccc1O. The van der Waals surface area contributed by atoms with Gasteiger partial charge in [-0.3, -0.25) is 4.79 Å². The molecular weight excluding hydrogens is 304 g/mol. The molecule has 1 atom stereocenters. The number of carbonyl (C=O) groups excluding carboxylic acids is 1. The molecule has 1 aliphatic heterocycles. The van der Waals surface area contributed by atoms with Crippen LogP contribution in [0.3, 0.4) is 0 Å². The number of phenols is 1. The van der Waals surface area contributed by atoms with Gasteiger partial charge >= 0.3 is 0 Å². The minimum atomic E-state index is -0.683. The summed E-state index contributed by atoms with van der Waals surface area (Å²) in [5.41, 5.74) is 2.16. The van der Waals surface area contributed by atoms with Gasteiger partial charge in [-0.1, -0.05) is 40.2 Å². The average Bonchev–Trinajstić information content (AvgIpc) is 2.81. The lowest BCUT2D eigenvalue weighted by molar-refractivity contribution is -0.128. The largest absolute Gasteiger partial charge is 0.506 e. The normalized spacial score (nSPS) is 18.5. The predicted molar refractivity (Wildman–Crippen MR) is 94.8 cm³/mol.